The van der Waals surface area contributed by atoms with Gasteiger partial charge in [0.25, 0.3) is 0 Å². The van der Waals surface area contributed by atoms with Gasteiger partial charge in [0.15, 0.2) is 11.6 Å². The van der Waals surface area contributed by atoms with E-state index < -0.39 is 11.6 Å². The Kier molecular flexibility index (Phi) is 4.91. The lowest BCUT2D eigenvalue weighted by atomic mass is 10.1. The first-order valence-corrected chi connectivity index (χ1v) is 6.91. The zero-order valence-corrected chi connectivity index (χ0v) is 12.4. The van der Waals surface area contributed by atoms with E-state index in [9.17, 15) is 8.78 Å². The average Bonchev–Trinajstić information content (AvgIpc) is 2.43. The Labute approximate surface area is 123 Å². The molecule has 112 valence electrons. The summed E-state index contributed by atoms with van der Waals surface area (Å²) in [7, 11) is 0. The van der Waals surface area contributed by atoms with Crippen LogP contribution in [0.25, 0.3) is 0 Å². The fraction of sp³-hybridized carbons (Fsp3) is 0.294. The Hall–Kier alpha value is -1.94. The first-order chi connectivity index (χ1) is 9.95. The van der Waals surface area contributed by atoms with Crippen molar-refractivity contribution in [3.63, 3.8) is 0 Å². The molecule has 0 aliphatic carbocycles. The molecule has 0 amide bonds. The Balaban J connectivity index is 2.18. The van der Waals surface area contributed by atoms with E-state index in [-0.39, 0.29) is 5.75 Å². The highest BCUT2D eigenvalue weighted by molar-refractivity contribution is 5.40. The molecule has 0 bridgehead atoms. The number of hydrogen-bond acceptors (Lipinski definition) is 2. The van der Waals surface area contributed by atoms with Gasteiger partial charge in [0.05, 0.1) is 0 Å². The van der Waals surface area contributed by atoms with Gasteiger partial charge in [-0.3, -0.25) is 0 Å². The van der Waals surface area contributed by atoms with Crippen molar-refractivity contribution in [1.82, 2.24) is 5.32 Å². The summed E-state index contributed by atoms with van der Waals surface area (Å²) >= 11 is 0. The molecule has 2 nitrogen and oxygen atoms in total. The van der Waals surface area contributed by atoms with Gasteiger partial charge in [0.1, 0.15) is 11.5 Å². The first-order valence-electron chi connectivity index (χ1n) is 6.91. The Morgan fingerprint density at radius 1 is 1.05 bits per heavy atom. The summed E-state index contributed by atoms with van der Waals surface area (Å²) in [6, 6.07) is 9.79. The van der Waals surface area contributed by atoms with Gasteiger partial charge in [-0.15, -0.1) is 0 Å². The summed E-state index contributed by atoms with van der Waals surface area (Å²) in [5.74, 6) is -0.869. The van der Waals surface area contributed by atoms with Crippen LogP contribution in [0.5, 0.6) is 11.5 Å². The Morgan fingerprint density at radius 3 is 2.48 bits per heavy atom. The number of rotatable bonds is 5. The molecule has 0 aromatic heterocycles. The monoisotopic (exact) mass is 291 g/mol. The van der Waals surface area contributed by atoms with Gasteiger partial charge in [-0.2, -0.15) is 0 Å². The molecule has 0 unspecified atom stereocenters. The van der Waals surface area contributed by atoms with E-state index in [1.165, 1.54) is 6.07 Å². The molecular formula is C17H19F2NO. The second-order valence-corrected chi connectivity index (χ2v) is 5.31. The zero-order chi connectivity index (χ0) is 15.4. The number of nitrogens with one attached hydrogen (secondary N) is 1. The molecule has 0 saturated carbocycles. The van der Waals surface area contributed by atoms with Crippen LogP contribution in [-0.4, -0.2) is 6.04 Å². The maximum Gasteiger partial charge on any atom is 0.162 e. The topological polar surface area (TPSA) is 21.3 Å². The highest BCUT2D eigenvalue weighted by Gasteiger charge is 2.07. The van der Waals surface area contributed by atoms with Gasteiger partial charge in [0.2, 0.25) is 0 Å². The molecule has 0 aliphatic rings. The normalized spacial score (nSPS) is 11.0. The van der Waals surface area contributed by atoms with Crippen molar-refractivity contribution >= 4 is 0 Å². The lowest BCUT2D eigenvalue weighted by molar-refractivity contribution is 0.458. The molecule has 0 fully saturated rings. The molecule has 1 N–H and O–H groups in total. The Bertz CT molecular complexity index is 626. The minimum absolute atomic E-state index is 0.283. The molecule has 0 atom stereocenters. The highest BCUT2D eigenvalue weighted by Crippen LogP contribution is 2.27. The van der Waals surface area contributed by atoms with E-state index >= 15 is 0 Å². The van der Waals surface area contributed by atoms with Gasteiger partial charge in [-0.25, -0.2) is 8.78 Å². The van der Waals surface area contributed by atoms with E-state index in [0.29, 0.717) is 11.8 Å². The van der Waals surface area contributed by atoms with Crippen molar-refractivity contribution < 1.29 is 13.5 Å². The summed E-state index contributed by atoms with van der Waals surface area (Å²) in [5, 5.41) is 3.32. The minimum atomic E-state index is -0.914. The van der Waals surface area contributed by atoms with E-state index in [2.05, 4.69) is 19.2 Å². The van der Waals surface area contributed by atoms with Gasteiger partial charge in [-0.05, 0) is 36.2 Å². The van der Waals surface area contributed by atoms with Crippen LogP contribution >= 0.6 is 0 Å². The van der Waals surface area contributed by atoms with Crippen LogP contribution in [0.15, 0.2) is 36.4 Å². The van der Waals surface area contributed by atoms with Crippen LogP contribution in [0.1, 0.15) is 25.0 Å². The van der Waals surface area contributed by atoms with Crippen molar-refractivity contribution in [3.8, 4) is 11.5 Å². The number of benzene rings is 2. The maximum atomic E-state index is 13.2. The molecule has 0 aliphatic heterocycles. The fourth-order valence-corrected chi connectivity index (χ4v) is 1.85. The predicted molar refractivity (Wildman–Crippen MR) is 79.6 cm³/mol. The largest absolute Gasteiger partial charge is 0.457 e. The predicted octanol–water partition coefficient (Wildman–Crippen LogP) is 4.56. The Morgan fingerprint density at radius 2 is 1.81 bits per heavy atom. The third kappa shape index (κ3) is 4.26. The van der Waals surface area contributed by atoms with Crippen molar-refractivity contribution in [3.05, 3.63) is 59.2 Å². The minimum Gasteiger partial charge on any atom is -0.457 e. The summed E-state index contributed by atoms with van der Waals surface area (Å²) in [6.07, 6.45) is 0. The molecule has 2 rings (SSSR count). The van der Waals surface area contributed by atoms with Crippen LogP contribution in [0.3, 0.4) is 0 Å². The van der Waals surface area contributed by atoms with Gasteiger partial charge in [0, 0.05) is 18.7 Å². The summed E-state index contributed by atoms with van der Waals surface area (Å²) in [4.78, 5) is 0. The molecule has 2 aromatic rings. The van der Waals surface area contributed by atoms with Gasteiger partial charge >= 0.3 is 0 Å². The molecule has 0 spiro atoms. The fourth-order valence-electron chi connectivity index (χ4n) is 1.85. The third-order valence-corrected chi connectivity index (χ3v) is 3.09. The highest BCUT2D eigenvalue weighted by atomic mass is 19.2. The molecule has 0 saturated heterocycles. The SMILES string of the molecule is Cc1ccc(CNC(C)C)cc1Oc1ccc(F)c(F)c1. The van der Waals surface area contributed by atoms with Gasteiger partial charge < -0.3 is 10.1 Å². The van der Waals surface area contributed by atoms with Crippen LogP contribution < -0.4 is 10.1 Å². The van der Waals surface area contributed by atoms with Crippen molar-refractivity contribution in [2.75, 3.05) is 0 Å². The molecule has 0 radical (unpaired) electrons. The first kappa shape index (κ1) is 15.4. The number of aryl methyl sites for hydroxylation is 1. The molecular weight excluding hydrogens is 272 g/mol. The lowest BCUT2D eigenvalue weighted by Gasteiger charge is -2.12. The standard InChI is InChI=1S/C17H19F2NO/c1-11(2)20-10-13-5-4-12(3)17(8-13)21-14-6-7-15(18)16(19)9-14/h4-9,11,20H,10H2,1-3H3. The smallest absolute Gasteiger partial charge is 0.162 e. The summed E-state index contributed by atoms with van der Waals surface area (Å²) < 4.78 is 31.8. The van der Waals surface area contributed by atoms with Gasteiger partial charge in [-0.1, -0.05) is 26.0 Å². The number of hydrogen-bond donors (Lipinski definition) is 1. The number of ether oxygens (including phenoxy) is 1. The van der Waals surface area contributed by atoms with Crippen molar-refractivity contribution in [2.45, 2.75) is 33.4 Å². The summed E-state index contributed by atoms with van der Waals surface area (Å²) in [6.45, 7) is 6.79. The van der Waals surface area contributed by atoms with Crippen molar-refractivity contribution in [1.29, 1.82) is 0 Å². The quantitative estimate of drug-likeness (QED) is 0.871. The third-order valence-electron chi connectivity index (χ3n) is 3.09. The molecule has 4 heteroatoms. The number of halogens is 2. The van der Waals surface area contributed by atoms with Crippen LogP contribution in [0.4, 0.5) is 8.78 Å². The molecule has 2 aromatic carbocycles. The van der Waals surface area contributed by atoms with Crippen LogP contribution in [0, 0.1) is 18.6 Å². The average molecular weight is 291 g/mol. The van der Waals surface area contributed by atoms with Crippen molar-refractivity contribution in [2.24, 2.45) is 0 Å². The second-order valence-electron chi connectivity index (χ2n) is 5.31. The maximum absolute atomic E-state index is 13.2. The second kappa shape index (κ2) is 6.68. The molecule has 21 heavy (non-hydrogen) atoms. The van der Waals surface area contributed by atoms with E-state index in [0.717, 1.165) is 29.8 Å². The van der Waals surface area contributed by atoms with E-state index in [1.807, 2.05) is 25.1 Å². The van der Waals surface area contributed by atoms with Crippen LogP contribution in [-0.2, 0) is 6.54 Å². The van der Waals surface area contributed by atoms with E-state index in [1.54, 1.807) is 0 Å². The van der Waals surface area contributed by atoms with E-state index in [4.69, 9.17) is 4.74 Å². The summed E-state index contributed by atoms with van der Waals surface area (Å²) in [5.41, 5.74) is 2.01. The molecule has 0 heterocycles. The lowest BCUT2D eigenvalue weighted by Crippen LogP contribution is -2.21. The van der Waals surface area contributed by atoms with Crippen LogP contribution in [0.2, 0.25) is 0 Å². The zero-order valence-electron chi connectivity index (χ0n) is 12.4.